The molecule has 12 heteroatoms. The number of aromatic carboxylic acids is 1. The lowest BCUT2D eigenvalue weighted by atomic mass is 9.92. The first-order valence-electron chi connectivity index (χ1n) is 7.15. The number of nitrogens with zero attached hydrogens (tertiary/aromatic N) is 1. The fourth-order valence-electron chi connectivity index (χ4n) is 1.91. The molecule has 2 aromatic rings. The number of anilines is 1. The molecule has 0 spiro atoms. The van der Waals surface area contributed by atoms with E-state index in [1.807, 2.05) is 0 Å². The van der Waals surface area contributed by atoms with Gasteiger partial charge in [0.2, 0.25) is 0 Å². The highest BCUT2D eigenvalue weighted by molar-refractivity contribution is 6.29. The Morgan fingerprint density at radius 3 is 1.93 bits per heavy atom. The molecule has 0 aliphatic carbocycles. The smallest absolute Gasteiger partial charge is 0.435 e. The van der Waals surface area contributed by atoms with Crippen LogP contribution in [0, 0.1) is 6.92 Å². The summed E-state index contributed by atoms with van der Waals surface area (Å²) in [6.45, 7) is 1.19. The van der Waals surface area contributed by atoms with Gasteiger partial charge in [0.25, 0.3) is 0 Å². The van der Waals surface area contributed by atoms with E-state index in [4.69, 9.17) is 22.4 Å². The number of pyridine rings is 1. The summed E-state index contributed by atoms with van der Waals surface area (Å²) in [6.07, 6.45) is -10.9. The van der Waals surface area contributed by atoms with Crippen LogP contribution in [0.15, 0.2) is 36.5 Å². The van der Waals surface area contributed by atoms with Crippen LogP contribution < -0.4 is 5.73 Å². The first-order valence-corrected chi connectivity index (χ1v) is 7.53. The standard InChI is InChI=1S/C10H8F7N.C6H4ClNO2/c1-5-4-6(2-3-7(5)18)8(11,9(12,13)14)10(15,16)17;7-5-3-4(6(9)10)1-2-8-5/h2-4H,18H2,1H3;1-3H,(H,9,10). The first kappa shape index (κ1) is 23.5. The van der Waals surface area contributed by atoms with Gasteiger partial charge in [-0.1, -0.05) is 23.7 Å². The third-order valence-corrected chi connectivity index (χ3v) is 3.63. The fourth-order valence-corrected chi connectivity index (χ4v) is 2.09. The van der Waals surface area contributed by atoms with Crippen LogP contribution in [0.25, 0.3) is 0 Å². The maximum atomic E-state index is 13.6. The minimum absolute atomic E-state index is 0.0227. The second-order valence-electron chi connectivity index (χ2n) is 5.40. The summed E-state index contributed by atoms with van der Waals surface area (Å²) >= 11 is 5.41. The quantitative estimate of drug-likeness (QED) is 0.383. The Balaban J connectivity index is 0.000000330. The highest BCUT2D eigenvalue weighted by atomic mass is 35.5. The molecule has 154 valence electrons. The number of halogens is 8. The summed E-state index contributed by atoms with van der Waals surface area (Å²) in [4.78, 5) is 13.9. The van der Waals surface area contributed by atoms with Crippen molar-refractivity contribution in [1.82, 2.24) is 4.98 Å². The van der Waals surface area contributed by atoms with Crippen molar-refractivity contribution < 1.29 is 40.6 Å². The molecule has 0 saturated carbocycles. The van der Waals surface area contributed by atoms with Gasteiger partial charge in [-0.25, -0.2) is 14.2 Å². The zero-order chi connectivity index (χ0) is 21.9. The second-order valence-corrected chi connectivity index (χ2v) is 5.79. The molecule has 0 radical (unpaired) electrons. The van der Waals surface area contributed by atoms with Gasteiger partial charge in [-0.05, 0) is 30.7 Å². The predicted octanol–water partition coefficient (Wildman–Crippen LogP) is 5.30. The molecule has 0 saturated heterocycles. The Labute approximate surface area is 158 Å². The number of benzene rings is 1. The highest BCUT2D eigenvalue weighted by Crippen LogP contribution is 2.53. The lowest BCUT2D eigenvalue weighted by molar-refractivity contribution is -0.348. The van der Waals surface area contributed by atoms with E-state index in [0.717, 1.165) is 6.07 Å². The van der Waals surface area contributed by atoms with Crippen LogP contribution >= 0.6 is 11.6 Å². The lowest BCUT2D eigenvalue weighted by Crippen LogP contribution is -2.50. The van der Waals surface area contributed by atoms with Crippen LogP contribution in [0.3, 0.4) is 0 Å². The summed E-state index contributed by atoms with van der Waals surface area (Å²) in [5.41, 5.74) is -1.61. The summed E-state index contributed by atoms with van der Waals surface area (Å²) in [5, 5.41) is 8.62. The molecule has 0 aliphatic heterocycles. The summed E-state index contributed by atoms with van der Waals surface area (Å²) < 4.78 is 87.9. The molecule has 0 fully saturated rings. The Morgan fingerprint density at radius 1 is 1.04 bits per heavy atom. The molecule has 1 aromatic heterocycles. The van der Waals surface area contributed by atoms with Gasteiger partial charge < -0.3 is 10.8 Å². The van der Waals surface area contributed by atoms with Crippen LogP contribution in [0.4, 0.5) is 36.4 Å². The van der Waals surface area contributed by atoms with E-state index in [1.165, 1.54) is 25.3 Å². The normalized spacial score (nSPS) is 12.2. The predicted molar refractivity (Wildman–Crippen MR) is 86.7 cm³/mol. The molecule has 0 aliphatic rings. The average molecular weight is 433 g/mol. The van der Waals surface area contributed by atoms with Gasteiger partial charge in [-0.3, -0.25) is 0 Å². The van der Waals surface area contributed by atoms with E-state index in [9.17, 15) is 35.5 Å². The van der Waals surface area contributed by atoms with Crippen molar-refractivity contribution >= 4 is 23.3 Å². The van der Waals surface area contributed by atoms with Crippen molar-refractivity contribution in [2.24, 2.45) is 0 Å². The third kappa shape index (κ3) is 5.03. The molecule has 3 N–H and O–H groups in total. The molecule has 2 rings (SSSR count). The minimum Gasteiger partial charge on any atom is -0.478 e. The molecule has 0 amide bonds. The maximum Gasteiger partial charge on any atom is 0.435 e. The number of hydrogen-bond acceptors (Lipinski definition) is 3. The van der Waals surface area contributed by atoms with Gasteiger partial charge in [-0.15, -0.1) is 0 Å². The number of nitrogens with two attached hydrogens (primary N) is 1. The summed E-state index contributed by atoms with van der Waals surface area (Å²) in [5.74, 6) is -0.996. The van der Waals surface area contributed by atoms with Crippen LogP contribution in [0.1, 0.15) is 21.5 Å². The zero-order valence-electron chi connectivity index (χ0n) is 13.9. The van der Waals surface area contributed by atoms with E-state index in [0.29, 0.717) is 12.1 Å². The van der Waals surface area contributed by atoms with Crippen molar-refractivity contribution in [2.75, 3.05) is 5.73 Å². The van der Waals surface area contributed by atoms with Crippen molar-refractivity contribution in [1.29, 1.82) is 0 Å². The minimum atomic E-state index is -6.10. The van der Waals surface area contributed by atoms with E-state index >= 15 is 0 Å². The summed E-state index contributed by atoms with van der Waals surface area (Å²) in [7, 11) is 0. The van der Waals surface area contributed by atoms with Gasteiger partial charge in [0.15, 0.2) is 0 Å². The van der Waals surface area contributed by atoms with Crippen molar-refractivity contribution in [3.05, 3.63) is 58.4 Å². The van der Waals surface area contributed by atoms with Crippen LogP contribution in [-0.4, -0.2) is 28.4 Å². The van der Waals surface area contributed by atoms with Crippen molar-refractivity contribution in [3.63, 3.8) is 0 Å². The van der Waals surface area contributed by atoms with Gasteiger partial charge in [0.05, 0.1) is 5.56 Å². The molecule has 1 heterocycles. The third-order valence-electron chi connectivity index (χ3n) is 3.42. The Kier molecular flexibility index (Phi) is 6.89. The van der Waals surface area contributed by atoms with E-state index < -0.39 is 29.6 Å². The second kappa shape index (κ2) is 8.21. The van der Waals surface area contributed by atoms with Crippen LogP contribution in [0.5, 0.6) is 0 Å². The van der Waals surface area contributed by atoms with Gasteiger partial charge >= 0.3 is 24.0 Å². The number of hydrogen-bond donors (Lipinski definition) is 2. The van der Waals surface area contributed by atoms with E-state index in [1.54, 1.807) is 0 Å². The fraction of sp³-hybridized carbons (Fsp3) is 0.250. The lowest BCUT2D eigenvalue weighted by Gasteiger charge is -2.30. The Morgan fingerprint density at radius 2 is 1.57 bits per heavy atom. The molecule has 4 nitrogen and oxygen atoms in total. The molecule has 0 atom stereocenters. The highest BCUT2D eigenvalue weighted by Gasteiger charge is 2.73. The number of carboxylic acid groups (broad SMARTS) is 1. The topological polar surface area (TPSA) is 76.2 Å². The van der Waals surface area contributed by atoms with Gasteiger partial charge in [0.1, 0.15) is 5.15 Å². The molecule has 28 heavy (non-hydrogen) atoms. The summed E-state index contributed by atoms with van der Waals surface area (Å²) in [6, 6.07) is 4.30. The molecule has 0 bridgehead atoms. The number of alkyl halides is 7. The maximum absolute atomic E-state index is 13.6. The number of carboxylic acids is 1. The van der Waals surface area contributed by atoms with E-state index in [-0.39, 0.29) is 22.0 Å². The van der Waals surface area contributed by atoms with Crippen LogP contribution in [-0.2, 0) is 5.67 Å². The monoisotopic (exact) mass is 432 g/mol. The van der Waals surface area contributed by atoms with Crippen molar-refractivity contribution in [3.8, 4) is 0 Å². The van der Waals surface area contributed by atoms with Crippen LogP contribution in [0.2, 0.25) is 5.15 Å². The molecular formula is C16H12ClF7N2O2. The molecule has 1 aromatic carbocycles. The number of aryl methyl sites for hydroxylation is 1. The molecule has 0 unspecified atom stereocenters. The van der Waals surface area contributed by atoms with Gasteiger partial charge in [0, 0.05) is 17.4 Å². The number of carbonyl (C=O) groups is 1. The van der Waals surface area contributed by atoms with E-state index in [2.05, 4.69) is 4.98 Å². The van der Waals surface area contributed by atoms with Gasteiger partial charge in [-0.2, -0.15) is 26.3 Å². The molecular weight excluding hydrogens is 421 g/mol. The number of rotatable bonds is 2. The average Bonchev–Trinajstić information content (AvgIpc) is 2.55. The number of aromatic nitrogens is 1. The number of nitrogen functional groups attached to an aromatic ring is 1. The SMILES string of the molecule is Cc1cc(C(F)(C(F)(F)F)C(F)(F)F)ccc1N.O=C(O)c1ccnc(Cl)c1. The Hall–Kier alpha value is -2.56. The largest absolute Gasteiger partial charge is 0.478 e. The Bertz CT molecular complexity index is 840. The first-order chi connectivity index (χ1) is 12.6. The zero-order valence-corrected chi connectivity index (χ0v) is 14.6. The van der Waals surface area contributed by atoms with Crippen molar-refractivity contribution in [2.45, 2.75) is 24.9 Å².